The van der Waals surface area contributed by atoms with Gasteiger partial charge in [0.05, 0.1) is 24.4 Å². The van der Waals surface area contributed by atoms with E-state index in [1.54, 1.807) is 7.11 Å². The minimum absolute atomic E-state index is 0.0651. The molecule has 2 saturated heterocycles. The molecule has 4 rings (SSSR count). The van der Waals surface area contributed by atoms with Crippen molar-refractivity contribution in [2.24, 2.45) is 0 Å². The molecule has 0 radical (unpaired) electrons. The van der Waals surface area contributed by atoms with E-state index in [0.717, 1.165) is 38.2 Å². The highest BCUT2D eigenvalue weighted by Crippen LogP contribution is 2.39. The summed E-state index contributed by atoms with van der Waals surface area (Å²) in [7, 11) is 1.78. The van der Waals surface area contributed by atoms with E-state index in [1.807, 2.05) is 48.5 Å². The molecule has 1 aromatic heterocycles. The Balaban J connectivity index is 1.34. The summed E-state index contributed by atoms with van der Waals surface area (Å²) in [4.78, 5) is 21.3. The van der Waals surface area contributed by atoms with Crippen molar-refractivity contribution in [3.05, 3.63) is 54.4 Å². The van der Waals surface area contributed by atoms with Crippen molar-refractivity contribution in [3.8, 4) is 5.75 Å². The van der Waals surface area contributed by atoms with Gasteiger partial charge in [0.2, 0.25) is 0 Å². The molecule has 7 heteroatoms. The zero-order chi connectivity index (χ0) is 20.9. The topological polar surface area (TPSA) is 66.9 Å². The minimum Gasteiger partial charge on any atom is -0.492 e. The summed E-state index contributed by atoms with van der Waals surface area (Å²) in [6.45, 7) is 4.92. The number of ether oxygens (including phenoxy) is 2. The number of likely N-dealkylation sites (tertiary alicyclic amines) is 2. The molecule has 1 aromatic carbocycles. The predicted molar refractivity (Wildman–Crippen MR) is 116 cm³/mol. The lowest BCUT2D eigenvalue weighted by molar-refractivity contribution is -0.115. The van der Waals surface area contributed by atoms with Crippen LogP contribution in [0.25, 0.3) is 0 Å². The maximum absolute atomic E-state index is 12.8. The number of piperidine rings is 1. The Morgan fingerprint density at radius 2 is 1.90 bits per heavy atom. The van der Waals surface area contributed by atoms with E-state index < -0.39 is 0 Å². The number of nitrogens with one attached hydrogen (secondary N) is 1. The van der Waals surface area contributed by atoms with Gasteiger partial charge in [-0.1, -0.05) is 12.1 Å². The van der Waals surface area contributed by atoms with Gasteiger partial charge in [-0.05, 0) is 49.6 Å². The van der Waals surface area contributed by atoms with Gasteiger partial charge >= 0.3 is 6.03 Å². The van der Waals surface area contributed by atoms with Gasteiger partial charge in [0.15, 0.2) is 0 Å². The fourth-order valence-electron chi connectivity index (χ4n) is 4.49. The molecule has 1 N–H and O–H groups in total. The number of methoxy groups -OCH3 is 1. The van der Waals surface area contributed by atoms with E-state index in [4.69, 9.17) is 9.47 Å². The van der Waals surface area contributed by atoms with Gasteiger partial charge in [0, 0.05) is 45.2 Å². The van der Waals surface area contributed by atoms with Crippen LogP contribution in [0.15, 0.2) is 48.8 Å². The molecule has 2 aliphatic rings. The van der Waals surface area contributed by atoms with Crippen LogP contribution in [0.3, 0.4) is 0 Å². The Morgan fingerprint density at radius 1 is 1.17 bits per heavy atom. The van der Waals surface area contributed by atoms with Gasteiger partial charge in [-0.2, -0.15) is 0 Å². The number of pyridine rings is 1. The van der Waals surface area contributed by atoms with Crippen LogP contribution >= 0.6 is 0 Å². The van der Waals surface area contributed by atoms with Crippen LogP contribution in [0.2, 0.25) is 0 Å². The van der Waals surface area contributed by atoms with Gasteiger partial charge < -0.3 is 19.7 Å². The molecule has 2 amide bonds. The van der Waals surface area contributed by atoms with Crippen LogP contribution in [-0.2, 0) is 4.74 Å². The van der Waals surface area contributed by atoms with Gasteiger partial charge in [-0.3, -0.25) is 9.88 Å². The van der Waals surface area contributed by atoms with E-state index in [9.17, 15) is 4.79 Å². The molecule has 2 atom stereocenters. The molecule has 7 nitrogen and oxygen atoms in total. The zero-order valence-corrected chi connectivity index (χ0v) is 17.7. The van der Waals surface area contributed by atoms with Crippen LogP contribution < -0.4 is 10.1 Å². The first-order valence-corrected chi connectivity index (χ1v) is 10.7. The molecule has 0 saturated carbocycles. The number of hydrogen-bond acceptors (Lipinski definition) is 5. The number of hydrogen-bond donors (Lipinski definition) is 1. The lowest BCUT2D eigenvalue weighted by atomic mass is 9.87. The molecule has 2 aromatic rings. The highest BCUT2D eigenvalue weighted by atomic mass is 16.5. The van der Waals surface area contributed by atoms with Gasteiger partial charge in [0.25, 0.3) is 0 Å². The summed E-state index contributed by atoms with van der Waals surface area (Å²) in [6, 6.07) is 12.4. The number of urea groups is 1. The maximum atomic E-state index is 12.8. The Kier molecular flexibility index (Phi) is 6.50. The highest BCUT2D eigenvalue weighted by Gasteiger charge is 2.44. The first kappa shape index (κ1) is 20.6. The lowest BCUT2D eigenvalue weighted by Crippen LogP contribution is -2.60. The van der Waals surface area contributed by atoms with Crippen LogP contribution in [-0.4, -0.2) is 66.3 Å². The second-order valence-electron chi connectivity index (χ2n) is 7.77. The van der Waals surface area contributed by atoms with E-state index in [2.05, 4.69) is 27.3 Å². The summed E-state index contributed by atoms with van der Waals surface area (Å²) in [5.41, 5.74) is 1.96. The Morgan fingerprint density at radius 3 is 2.60 bits per heavy atom. The van der Waals surface area contributed by atoms with Crippen molar-refractivity contribution < 1.29 is 14.3 Å². The lowest BCUT2D eigenvalue weighted by Gasteiger charge is -2.53. The van der Waals surface area contributed by atoms with Gasteiger partial charge in [-0.15, -0.1) is 0 Å². The third-order valence-corrected chi connectivity index (χ3v) is 6.10. The number of aromatic nitrogens is 1. The quantitative estimate of drug-likeness (QED) is 0.789. The van der Waals surface area contributed by atoms with Gasteiger partial charge in [-0.25, -0.2) is 4.79 Å². The van der Waals surface area contributed by atoms with Crippen molar-refractivity contribution in [1.29, 1.82) is 0 Å². The largest absolute Gasteiger partial charge is 0.492 e. The van der Waals surface area contributed by atoms with Crippen molar-refractivity contribution in [2.45, 2.75) is 38.0 Å². The summed E-state index contributed by atoms with van der Waals surface area (Å²) in [5, 5.41) is 3.01. The summed E-state index contributed by atoms with van der Waals surface area (Å²) >= 11 is 0. The first-order chi connectivity index (χ1) is 14.7. The van der Waals surface area contributed by atoms with Gasteiger partial charge in [0.1, 0.15) is 5.75 Å². The fraction of sp³-hybridized carbons (Fsp3) is 0.478. The second-order valence-corrected chi connectivity index (χ2v) is 7.77. The number of rotatable bonds is 6. The number of carbonyl (C=O) groups excluding carboxylic acids is 1. The Bertz CT molecular complexity index is 839. The molecule has 0 spiro atoms. The number of nitrogens with zero attached hydrogens (tertiary/aromatic N) is 3. The van der Waals surface area contributed by atoms with Crippen molar-refractivity contribution >= 4 is 11.7 Å². The Labute approximate surface area is 178 Å². The van der Waals surface area contributed by atoms with E-state index >= 15 is 0 Å². The molecule has 160 valence electrons. The second kappa shape index (κ2) is 9.45. The minimum atomic E-state index is -0.0651. The fourth-order valence-corrected chi connectivity index (χ4v) is 4.49. The Hall–Kier alpha value is -2.64. The van der Waals surface area contributed by atoms with Crippen molar-refractivity contribution in [2.75, 3.05) is 38.7 Å². The van der Waals surface area contributed by atoms with E-state index in [1.165, 1.54) is 5.56 Å². The SMILES string of the molecule is CCOc1ccccc1NC(=O)N1CCC(N2CC(OC)C2c2ccncc2)CC1. The third-order valence-electron chi connectivity index (χ3n) is 6.10. The number of benzene rings is 1. The molecular weight excluding hydrogens is 380 g/mol. The summed E-state index contributed by atoms with van der Waals surface area (Å²) in [6.07, 6.45) is 5.80. The molecular formula is C23H30N4O3. The predicted octanol–water partition coefficient (Wildman–Crippen LogP) is 3.55. The molecule has 0 aliphatic carbocycles. The number of carbonyl (C=O) groups is 1. The molecule has 2 aliphatic heterocycles. The van der Waals surface area contributed by atoms with Crippen LogP contribution in [0, 0.1) is 0 Å². The maximum Gasteiger partial charge on any atom is 0.321 e. The first-order valence-electron chi connectivity index (χ1n) is 10.7. The molecule has 30 heavy (non-hydrogen) atoms. The monoisotopic (exact) mass is 410 g/mol. The van der Waals surface area contributed by atoms with Crippen molar-refractivity contribution in [1.82, 2.24) is 14.8 Å². The van der Waals surface area contributed by atoms with E-state index in [0.29, 0.717) is 18.4 Å². The molecule has 0 bridgehead atoms. The third kappa shape index (κ3) is 4.27. The number of amides is 2. The normalized spacial score (nSPS) is 22.4. The average molecular weight is 411 g/mol. The summed E-state index contributed by atoms with van der Waals surface area (Å²) < 4.78 is 11.3. The molecule has 2 unspecified atom stereocenters. The number of para-hydroxylation sites is 2. The molecule has 2 fully saturated rings. The van der Waals surface area contributed by atoms with Crippen LogP contribution in [0.5, 0.6) is 5.75 Å². The number of anilines is 1. The smallest absolute Gasteiger partial charge is 0.321 e. The zero-order valence-electron chi connectivity index (χ0n) is 17.7. The van der Waals surface area contributed by atoms with Crippen LogP contribution in [0.4, 0.5) is 10.5 Å². The van der Waals surface area contributed by atoms with E-state index in [-0.39, 0.29) is 18.2 Å². The summed E-state index contributed by atoms with van der Waals surface area (Å²) in [5.74, 6) is 0.703. The standard InChI is InChI=1S/C23H30N4O3/c1-3-30-20-7-5-4-6-19(20)25-23(28)26-14-10-18(11-15-26)27-16-21(29-2)22(27)17-8-12-24-13-9-17/h4-9,12-13,18,21-22H,3,10-11,14-16H2,1-2H3,(H,25,28). The highest BCUT2D eigenvalue weighted by molar-refractivity contribution is 5.91. The average Bonchev–Trinajstić information content (AvgIpc) is 2.76. The molecule has 3 heterocycles. The van der Waals surface area contributed by atoms with Crippen molar-refractivity contribution in [3.63, 3.8) is 0 Å². The van der Waals surface area contributed by atoms with Crippen LogP contribution in [0.1, 0.15) is 31.4 Å².